The quantitative estimate of drug-likeness (QED) is 0.238. The molecule has 1 aromatic rings. The Hall–Kier alpha value is -0.160. The second kappa shape index (κ2) is 6.73. The van der Waals surface area contributed by atoms with Crippen LogP contribution >= 0.6 is 0 Å². The van der Waals surface area contributed by atoms with Crippen LogP contribution in [0.4, 0.5) is 0 Å². The van der Waals surface area contributed by atoms with Gasteiger partial charge in [-0.3, -0.25) is 0 Å². The van der Waals surface area contributed by atoms with E-state index < -0.39 is 20.1 Å². The van der Waals surface area contributed by atoms with E-state index in [2.05, 4.69) is 0 Å². The van der Waals surface area contributed by atoms with Crippen molar-refractivity contribution < 1.29 is 55.7 Å². The van der Waals surface area contributed by atoms with E-state index in [1.807, 2.05) is 0 Å². The van der Waals surface area contributed by atoms with Crippen LogP contribution in [0, 0.1) is 0 Å². The van der Waals surface area contributed by atoms with E-state index in [9.17, 15) is 21.4 Å². The van der Waals surface area contributed by atoms with Gasteiger partial charge in [0.1, 0.15) is 21.7 Å². The van der Waals surface area contributed by atoms with Gasteiger partial charge in [-0.15, -0.1) is 0 Å². The van der Waals surface area contributed by atoms with Crippen LogP contribution in [0.3, 0.4) is 0 Å². The van der Waals surface area contributed by atoms with Gasteiger partial charge in [-0.25, -0.2) is 16.8 Å². The van der Waals surface area contributed by atoms with Gasteiger partial charge in [0.2, 0.25) is 10.0 Å². The topological polar surface area (TPSA) is 104 Å². The minimum absolute atomic E-state index is 0. The molecule has 1 atom stereocenters. The molecule has 1 unspecified atom stereocenters. The number of benzene rings is 1. The predicted molar refractivity (Wildman–Crippen MR) is 65.0 cm³/mol. The molecule has 0 bridgehead atoms. The summed E-state index contributed by atoms with van der Waals surface area (Å²) in [5, 5.41) is 0. The Balaban J connectivity index is 0.00000200. The Labute approximate surface area is 140 Å². The molecule has 1 aromatic carbocycles. The summed E-state index contributed by atoms with van der Waals surface area (Å²) in [5.41, 5.74) is 0. The van der Waals surface area contributed by atoms with Crippen LogP contribution in [0.2, 0.25) is 0 Å². The molecule has 0 aromatic heterocycles. The Bertz CT molecular complexity index is 655. The molecule has 7 nitrogen and oxygen atoms in total. The van der Waals surface area contributed by atoms with Crippen molar-refractivity contribution in [2.45, 2.75) is 11.3 Å². The van der Waals surface area contributed by atoms with Crippen molar-refractivity contribution >= 4 is 20.1 Å². The predicted octanol–water partition coefficient (Wildman–Crippen LogP) is -3.03. The van der Waals surface area contributed by atoms with E-state index in [1.54, 1.807) is 0 Å². The van der Waals surface area contributed by atoms with E-state index >= 15 is 0 Å². The first kappa shape index (κ1) is 17.9. The van der Waals surface area contributed by atoms with E-state index in [4.69, 9.17) is 4.74 Å². The van der Waals surface area contributed by atoms with Crippen LogP contribution < -0.4 is 34.3 Å². The van der Waals surface area contributed by atoms with Gasteiger partial charge in [0.15, 0.2) is 0 Å². The molecule has 2 rings (SSSR count). The Kier molecular flexibility index (Phi) is 6.02. The summed E-state index contributed by atoms with van der Waals surface area (Å²) in [6.45, 7) is 0.727. The fraction of sp³-hybridized carbons (Fsp3) is 0.400. The maximum atomic E-state index is 10.9. The maximum Gasteiger partial charge on any atom is 1.00 e. The zero-order valence-electron chi connectivity index (χ0n) is 10.9. The normalized spacial score (nSPS) is 19.9. The molecule has 1 heterocycles. The molecule has 1 aliphatic heterocycles. The Morgan fingerprint density at radius 2 is 1.80 bits per heavy atom. The van der Waals surface area contributed by atoms with Crippen molar-refractivity contribution in [2.75, 3.05) is 19.0 Å². The Morgan fingerprint density at radius 3 is 2.25 bits per heavy atom. The monoisotopic (exact) mass is 329 g/mol. The Morgan fingerprint density at radius 1 is 1.25 bits per heavy atom. The maximum absolute atomic E-state index is 10.9. The van der Waals surface area contributed by atoms with E-state index in [-0.39, 0.29) is 40.3 Å². The third-order valence-electron chi connectivity index (χ3n) is 2.56. The second-order valence-electron chi connectivity index (χ2n) is 4.04. The molecule has 0 radical (unpaired) electrons. The molecular formula is C10H12NNaO6S2. The average Bonchev–Trinajstić information content (AvgIpc) is 2.92. The smallest absolute Gasteiger partial charge is 0.744 e. The third kappa shape index (κ3) is 4.99. The summed E-state index contributed by atoms with van der Waals surface area (Å²) in [7, 11) is -7.39. The summed E-state index contributed by atoms with van der Waals surface area (Å²) in [5.74, 6) is 0.532. The summed E-state index contributed by atoms with van der Waals surface area (Å²) >= 11 is 0. The molecule has 1 saturated heterocycles. The molecular weight excluding hydrogens is 317 g/mol. The fourth-order valence-corrected chi connectivity index (χ4v) is 3.08. The van der Waals surface area contributed by atoms with Crippen molar-refractivity contribution in [3.8, 4) is 5.75 Å². The molecule has 0 aliphatic carbocycles. The van der Waals surface area contributed by atoms with E-state index in [0.717, 1.165) is 0 Å². The zero-order valence-corrected chi connectivity index (χ0v) is 14.5. The van der Waals surface area contributed by atoms with E-state index in [1.165, 1.54) is 28.6 Å². The number of hydrogen-bond donors (Lipinski definition) is 0. The van der Waals surface area contributed by atoms with Crippen LogP contribution in [0.15, 0.2) is 29.2 Å². The molecule has 0 N–H and O–H groups in total. The molecule has 0 saturated carbocycles. The van der Waals surface area contributed by atoms with Crippen molar-refractivity contribution in [1.82, 2.24) is 4.31 Å². The van der Waals surface area contributed by atoms with Crippen LogP contribution in [0.1, 0.15) is 6.42 Å². The van der Waals surface area contributed by atoms with Gasteiger partial charge >= 0.3 is 29.6 Å². The van der Waals surface area contributed by atoms with Gasteiger partial charge in [0, 0.05) is 6.54 Å². The summed E-state index contributed by atoms with van der Waals surface area (Å²) < 4.78 is 60.4. The molecule has 1 aliphatic rings. The minimum atomic E-state index is -4.44. The van der Waals surface area contributed by atoms with Crippen LogP contribution in [0.5, 0.6) is 5.75 Å². The minimum Gasteiger partial charge on any atom is -0.744 e. The largest absolute Gasteiger partial charge is 1.00 e. The second-order valence-corrected chi connectivity index (χ2v) is 7.36. The van der Waals surface area contributed by atoms with Gasteiger partial charge in [-0.05, 0) is 30.7 Å². The van der Waals surface area contributed by atoms with Crippen LogP contribution in [-0.2, 0) is 20.1 Å². The fourth-order valence-electron chi connectivity index (χ4n) is 1.50. The van der Waals surface area contributed by atoms with Gasteiger partial charge in [-0.1, -0.05) is 0 Å². The first-order valence-corrected chi connectivity index (χ1v) is 8.47. The molecule has 0 spiro atoms. The molecule has 0 amide bonds. The van der Waals surface area contributed by atoms with Gasteiger partial charge in [0.25, 0.3) is 0 Å². The van der Waals surface area contributed by atoms with Crippen molar-refractivity contribution in [1.29, 1.82) is 0 Å². The molecule has 20 heavy (non-hydrogen) atoms. The SMILES string of the molecule is O=S(=O)([O-])c1ccc(OCCCN2CS2(=O)=O)cc1.[Na+]. The molecule has 10 heteroatoms. The number of sulfonamides is 1. The van der Waals surface area contributed by atoms with Gasteiger partial charge < -0.3 is 9.29 Å². The number of nitrogens with zero attached hydrogens (tertiary/aromatic N) is 1. The van der Waals surface area contributed by atoms with Crippen LogP contribution in [0.25, 0.3) is 0 Å². The first-order valence-electron chi connectivity index (χ1n) is 5.46. The molecule has 1 fully saturated rings. The number of rotatable bonds is 6. The zero-order chi connectivity index (χ0) is 14.1. The summed E-state index contributed by atoms with van der Waals surface area (Å²) in [6, 6.07) is 5.12. The molecule has 106 valence electrons. The standard InChI is InChI=1S/C10H13NO6S2.Na/c12-18(13)8-11(18)6-1-7-17-9-2-4-10(5-3-9)19(14,15)16;/h2-5H,1,6-8H2,(H,14,15,16);/q;+1/p-1. The average molecular weight is 329 g/mol. The summed E-state index contributed by atoms with van der Waals surface area (Å²) in [4.78, 5) is -0.310. The summed E-state index contributed by atoms with van der Waals surface area (Å²) in [6.07, 6.45) is 0.542. The van der Waals surface area contributed by atoms with Gasteiger partial charge in [-0.2, -0.15) is 4.31 Å². The van der Waals surface area contributed by atoms with Crippen molar-refractivity contribution in [2.24, 2.45) is 0 Å². The number of ether oxygens (including phenoxy) is 1. The van der Waals surface area contributed by atoms with E-state index in [0.29, 0.717) is 25.3 Å². The van der Waals surface area contributed by atoms with Crippen molar-refractivity contribution in [3.05, 3.63) is 24.3 Å². The number of hydrogen-bond acceptors (Lipinski definition) is 6. The van der Waals surface area contributed by atoms with Crippen molar-refractivity contribution in [3.63, 3.8) is 0 Å². The van der Waals surface area contributed by atoms with Gasteiger partial charge in [0.05, 0.1) is 11.5 Å². The third-order valence-corrected chi connectivity index (χ3v) is 4.85. The van der Waals surface area contributed by atoms with Crippen LogP contribution in [-0.4, -0.2) is 44.7 Å². The first-order chi connectivity index (χ1) is 8.79.